The molecule has 0 aliphatic carbocycles. The first-order valence-corrected chi connectivity index (χ1v) is 9.27. The lowest BCUT2D eigenvalue weighted by atomic mass is 10.1. The summed E-state index contributed by atoms with van der Waals surface area (Å²) in [4.78, 5) is 21.3. The van der Waals surface area contributed by atoms with Gasteiger partial charge in [0.05, 0.1) is 19.9 Å². The molecule has 0 bridgehead atoms. The van der Waals surface area contributed by atoms with Crippen LogP contribution in [0.4, 0.5) is 17.3 Å². The van der Waals surface area contributed by atoms with Crippen molar-refractivity contribution in [2.45, 2.75) is 20.3 Å². The third-order valence-electron chi connectivity index (χ3n) is 4.52. The van der Waals surface area contributed by atoms with E-state index in [1.54, 1.807) is 44.7 Å². The molecule has 2 N–H and O–H groups in total. The molecule has 1 amide bonds. The molecule has 7 nitrogen and oxygen atoms in total. The molecule has 7 heteroatoms. The summed E-state index contributed by atoms with van der Waals surface area (Å²) in [7, 11) is 3.16. The van der Waals surface area contributed by atoms with Gasteiger partial charge in [0.25, 0.3) is 5.91 Å². The van der Waals surface area contributed by atoms with Gasteiger partial charge in [-0.3, -0.25) is 4.79 Å². The molecule has 0 atom stereocenters. The van der Waals surface area contributed by atoms with Crippen LogP contribution in [0.25, 0.3) is 0 Å². The standard InChI is InChI=1S/C22H24N4O3/c1-5-15-8-6-7-14(2)20(15)26-21(27)18-11-12-23-22(25-18)24-17-10-9-16(28-3)13-19(17)29-4/h6-13H,5H2,1-4H3,(H,26,27)(H,23,24,25). The Hall–Kier alpha value is -3.61. The zero-order chi connectivity index (χ0) is 20.8. The van der Waals surface area contributed by atoms with Crippen molar-refractivity contribution in [2.75, 3.05) is 24.9 Å². The quantitative estimate of drug-likeness (QED) is 0.621. The molecule has 150 valence electrons. The van der Waals surface area contributed by atoms with E-state index in [1.165, 1.54) is 0 Å². The van der Waals surface area contributed by atoms with E-state index >= 15 is 0 Å². The van der Waals surface area contributed by atoms with E-state index in [1.807, 2.05) is 25.1 Å². The van der Waals surface area contributed by atoms with Gasteiger partial charge in [0.15, 0.2) is 0 Å². The van der Waals surface area contributed by atoms with Gasteiger partial charge in [-0.05, 0) is 42.7 Å². The maximum absolute atomic E-state index is 12.8. The van der Waals surface area contributed by atoms with E-state index in [9.17, 15) is 4.79 Å². The zero-order valence-electron chi connectivity index (χ0n) is 16.9. The number of ether oxygens (including phenoxy) is 2. The number of anilines is 3. The van der Waals surface area contributed by atoms with Crippen LogP contribution < -0.4 is 20.1 Å². The highest BCUT2D eigenvalue weighted by atomic mass is 16.5. The van der Waals surface area contributed by atoms with Crippen LogP contribution in [0, 0.1) is 6.92 Å². The van der Waals surface area contributed by atoms with Crippen LogP contribution in [0.15, 0.2) is 48.7 Å². The third kappa shape index (κ3) is 4.63. The fourth-order valence-corrected chi connectivity index (χ4v) is 2.95. The van der Waals surface area contributed by atoms with E-state index in [0.29, 0.717) is 23.1 Å². The van der Waals surface area contributed by atoms with Crippen LogP contribution in [0.1, 0.15) is 28.5 Å². The molecule has 3 rings (SSSR count). The van der Waals surface area contributed by atoms with Gasteiger partial charge in [-0.1, -0.05) is 25.1 Å². The topological polar surface area (TPSA) is 85.4 Å². The number of nitrogens with one attached hydrogen (secondary N) is 2. The lowest BCUT2D eigenvalue weighted by Gasteiger charge is -2.14. The predicted molar refractivity (Wildman–Crippen MR) is 113 cm³/mol. The summed E-state index contributed by atoms with van der Waals surface area (Å²) in [5, 5.41) is 6.06. The minimum atomic E-state index is -0.291. The van der Waals surface area contributed by atoms with Crippen LogP contribution in [0.5, 0.6) is 11.5 Å². The van der Waals surface area contributed by atoms with Crippen molar-refractivity contribution in [1.82, 2.24) is 9.97 Å². The maximum atomic E-state index is 12.8. The first kappa shape index (κ1) is 20.1. The molecule has 0 fully saturated rings. The number of carbonyl (C=O) groups excluding carboxylic acids is 1. The van der Waals surface area contributed by atoms with Crippen LogP contribution in [0.3, 0.4) is 0 Å². The summed E-state index contributed by atoms with van der Waals surface area (Å²) in [6, 6.07) is 12.9. The number of rotatable bonds is 7. The fraction of sp³-hybridized carbons (Fsp3) is 0.227. The van der Waals surface area contributed by atoms with Gasteiger partial charge in [-0.25, -0.2) is 9.97 Å². The highest BCUT2D eigenvalue weighted by molar-refractivity contribution is 6.03. The van der Waals surface area contributed by atoms with Gasteiger partial charge in [-0.15, -0.1) is 0 Å². The number of para-hydroxylation sites is 1. The normalized spacial score (nSPS) is 10.3. The maximum Gasteiger partial charge on any atom is 0.274 e. The van der Waals surface area contributed by atoms with Crippen molar-refractivity contribution < 1.29 is 14.3 Å². The van der Waals surface area contributed by atoms with Gasteiger partial charge < -0.3 is 20.1 Å². The minimum absolute atomic E-state index is 0.264. The number of hydrogen-bond donors (Lipinski definition) is 2. The molecule has 0 aliphatic rings. The van der Waals surface area contributed by atoms with Gasteiger partial charge in [-0.2, -0.15) is 0 Å². The SMILES string of the molecule is CCc1cccc(C)c1NC(=O)c1ccnc(Nc2ccc(OC)cc2OC)n1. The van der Waals surface area contributed by atoms with Crippen molar-refractivity contribution in [1.29, 1.82) is 0 Å². The van der Waals surface area contributed by atoms with Crippen LogP contribution in [-0.4, -0.2) is 30.1 Å². The average Bonchev–Trinajstić information content (AvgIpc) is 2.75. The monoisotopic (exact) mass is 392 g/mol. The van der Waals surface area contributed by atoms with Crippen molar-refractivity contribution >= 4 is 23.2 Å². The number of aromatic nitrogens is 2. The number of carbonyl (C=O) groups is 1. The molecule has 0 saturated carbocycles. The molecule has 0 spiro atoms. The molecule has 3 aromatic rings. The van der Waals surface area contributed by atoms with E-state index < -0.39 is 0 Å². The zero-order valence-corrected chi connectivity index (χ0v) is 16.9. The molecule has 0 unspecified atom stereocenters. The smallest absolute Gasteiger partial charge is 0.274 e. The second-order valence-corrected chi connectivity index (χ2v) is 6.37. The van der Waals surface area contributed by atoms with Crippen molar-refractivity contribution in [2.24, 2.45) is 0 Å². The molecule has 1 aromatic heterocycles. The number of hydrogen-bond acceptors (Lipinski definition) is 6. The van der Waals surface area contributed by atoms with E-state index in [-0.39, 0.29) is 11.6 Å². The highest BCUT2D eigenvalue weighted by Crippen LogP contribution is 2.30. The van der Waals surface area contributed by atoms with Crippen molar-refractivity contribution in [3.63, 3.8) is 0 Å². The molecule has 0 saturated heterocycles. The minimum Gasteiger partial charge on any atom is -0.497 e. The Balaban J connectivity index is 1.82. The van der Waals surface area contributed by atoms with Gasteiger partial charge >= 0.3 is 0 Å². The Kier molecular flexibility index (Phi) is 6.29. The lowest BCUT2D eigenvalue weighted by Crippen LogP contribution is -2.16. The lowest BCUT2D eigenvalue weighted by molar-refractivity contribution is 0.102. The van der Waals surface area contributed by atoms with Gasteiger partial charge in [0.1, 0.15) is 17.2 Å². The first-order valence-electron chi connectivity index (χ1n) is 9.27. The fourth-order valence-electron chi connectivity index (χ4n) is 2.95. The molecule has 0 radical (unpaired) electrons. The highest BCUT2D eigenvalue weighted by Gasteiger charge is 2.14. The molecular formula is C22H24N4O3. The Morgan fingerprint density at radius 2 is 1.93 bits per heavy atom. The largest absolute Gasteiger partial charge is 0.497 e. The van der Waals surface area contributed by atoms with Gasteiger partial charge in [0.2, 0.25) is 5.95 Å². The summed E-state index contributed by atoms with van der Waals surface area (Å²) in [5.41, 5.74) is 3.84. The Labute approximate surface area is 170 Å². The molecule has 0 aliphatic heterocycles. The number of benzene rings is 2. The van der Waals surface area contributed by atoms with Crippen molar-refractivity contribution in [3.05, 3.63) is 65.5 Å². The predicted octanol–water partition coefficient (Wildman–Crippen LogP) is 4.36. The summed E-state index contributed by atoms with van der Waals surface area (Å²) in [5.74, 6) is 1.25. The van der Waals surface area contributed by atoms with Crippen LogP contribution >= 0.6 is 0 Å². The first-order chi connectivity index (χ1) is 14.0. The third-order valence-corrected chi connectivity index (χ3v) is 4.52. The van der Waals surface area contributed by atoms with E-state index in [2.05, 4.69) is 27.5 Å². The number of aryl methyl sites for hydroxylation is 2. The second kappa shape index (κ2) is 9.05. The molecule has 1 heterocycles. The van der Waals surface area contributed by atoms with Crippen molar-refractivity contribution in [3.8, 4) is 11.5 Å². The Morgan fingerprint density at radius 1 is 1.10 bits per heavy atom. The Morgan fingerprint density at radius 3 is 2.66 bits per heavy atom. The Bertz CT molecular complexity index is 1020. The molecular weight excluding hydrogens is 368 g/mol. The van der Waals surface area contributed by atoms with Crippen LogP contribution in [0.2, 0.25) is 0 Å². The summed E-state index contributed by atoms with van der Waals surface area (Å²) in [6.07, 6.45) is 2.37. The van der Waals surface area contributed by atoms with Gasteiger partial charge in [0, 0.05) is 18.0 Å². The number of methoxy groups -OCH3 is 2. The van der Waals surface area contributed by atoms with E-state index in [4.69, 9.17) is 9.47 Å². The molecule has 2 aromatic carbocycles. The summed E-state index contributed by atoms with van der Waals surface area (Å²) < 4.78 is 10.6. The molecule has 29 heavy (non-hydrogen) atoms. The number of nitrogens with zero attached hydrogens (tertiary/aromatic N) is 2. The van der Waals surface area contributed by atoms with E-state index in [0.717, 1.165) is 23.2 Å². The summed E-state index contributed by atoms with van der Waals surface area (Å²) in [6.45, 7) is 4.02. The average molecular weight is 392 g/mol. The van der Waals surface area contributed by atoms with Crippen LogP contribution in [-0.2, 0) is 6.42 Å². The summed E-state index contributed by atoms with van der Waals surface area (Å²) >= 11 is 0. The number of amides is 1. The second-order valence-electron chi connectivity index (χ2n) is 6.37.